The zero-order valence-electron chi connectivity index (χ0n) is 18.6. The summed E-state index contributed by atoms with van der Waals surface area (Å²) in [4.78, 5) is 23.9. The summed E-state index contributed by atoms with van der Waals surface area (Å²) >= 11 is 1.78. The molecule has 0 radical (unpaired) electrons. The predicted molar refractivity (Wildman–Crippen MR) is 127 cm³/mol. The van der Waals surface area contributed by atoms with E-state index >= 15 is 0 Å². The number of amides is 1. The topological polar surface area (TPSA) is 81.4 Å². The van der Waals surface area contributed by atoms with Crippen LogP contribution < -0.4 is 4.74 Å². The highest BCUT2D eigenvalue weighted by atomic mass is 32.1. The molecule has 8 heteroatoms. The minimum Gasteiger partial charge on any atom is -0.494 e. The van der Waals surface area contributed by atoms with E-state index in [1.807, 2.05) is 42.2 Å². The first-order valence-corrected chi connectivity index (χ1v) is 12.2. The fourth-order valence-corrected chi connectivity index (χ4v) is 5.29. The SMILES string of the molecule is CCOc1ccc(-c2noc(CCC(=O)N3CCC(c4nc5ccccc5s4)CC3)n2)cc1. The number of piperidine rings is 1. The normalized spacial score (nSPS) is 14.6. The summed E-state index contributed by atoms with van der Waals surface area (Å²) in [5, 5.41) is 5.25. The van der Waals surface area contributed by atoms with Gasteiger partial charge < -0.3 is 14.2 Å². The highest BCUT2D eigenvalue weighted by Crippen LogP contribution is 2.34. The third kappa shape index (κ3) is 4.90. The summed E-state index contributed by atoms with van der Waals surface area (Å²) in [6.07, 6.45) is 2.72. The molecule has 0 N–H and O–H groups in total. The quantitative estimate of drug-likeness (QED) is 0.381. The first kappa shape index (κ1) is 21.6. The molecule has 0 bridgehead atoms. The van der Waals surface area contributed by atoms with Crippen molar-refractivity contribution >= 4 is 27.5 Å². The van der Waals surface area contributed by atoms with Crippen LogP contribution in [-0.2, 0) is 11.2 Å². The lowest BCUT2D eigenvalue weighted by Gasteiger charge is -2.31. The van der Waals surface area contributed by atoms with E-state index in [0.29, 0.717) is 37.1 Å². The van der Waals surface area contributed by atoms with Crippen LogP contribution in [0.15, 0.2) is 53.1 Å². The average molecular weight is 463 g/mol. The lowest BCUT2D eigenvalue weighted by molar-refractivity contribution is -0.132. The maximum absolute atomic E-state index is 12.7. The number of benzene rings is 2. The molecule has 0 unspecified atom stereocenters. The van der Waals surface area contributed by atoms with Gasteiger partial charge in [0, 0.05) is 37.4 Å². The van der Waals surface area contributed by atoms with E-state index in [9.17, 15) is 4.79 Å². The molecule has 1 aliphatic rings. The summed E-state index contributed by atoms with van der Waals surface area (Å²) in [7, 11) is 0. The predicted octanol–water partition coefficient (Wildman–Crippen LogP) is 5.08. The number of rotatable bonds is 7. The first-order chi connectivity index (χ1) is 16.2. The van der Waals surface area contributed by atoms with Gasteiger partial charge >= 0.3 is 0 Å². The number of likely N-dealkylation sites (tertiary alicyclic amines) is 1. The molecule has 4 aromatic rings. The largest absolute Gasteiger partial charge is 0.494 e. The van der Waals surface area contributed by atoms with Gasteiger partial charge in [0.15, 0.2) is 0 Å². The standard InChI is InChI=1S/C25H26N4O3S/c1-2-31-19-9-7-17(8-10-19)24-27-22(32-28-24)11-12-23(30)29-15-13-18(14-16-29)25-26-20-5-3-4-6-21(20)33-25/h3-10,18H,2,11-16H2,1H3. The Balaban J connectivity index is 1.12. The van der Waals surface area contributed by atoms with E-state index in [2.05, 4.69) is 28.3 Å². The number of fused-ring (bicyclic) bond motifs is 1. The maximum Gasteiger partial charge on any atom is 0.227 e. The van der Waals surface area contributed by atoms with Crippen LogP contribution in [0.5, 0.6) is 5.75 Å². The molecule has 0 aliphatic carbocycles. The Labute approximate surface area is 196 Å². The van der Waals surface area contributed by atoms with Crippen LogP contribution in [0.1, 0.15) is 43.0 Å². The highest BCUT2D eigenvalue weighted by molar-refractivity contribution is 7.18. The number of carbonyl (C=O) groups excluding carboxylic acids is 1. The lowest BCUT2D eigenvalue weighted by Crippen LogP contribution is -2.38. The molecule has 0 atom stereocenters. The summed E-state index contributed by atoms with van der Waals surface area (Å²) in [6.45, 7) is 4.10. The molecule has 1 aliphatic heterocycles. The van der Waals surface area contributed by atoms with Crippen molar-refractivity contribution in [2.45, 2.75) is 38.5 Å². The van der Waals surface area contributed by atoms with Crippen LogP contribution >= 0.6 is 11.3 Å². The van der Waals surface area contributed by atoms with Crippen LogP contribution in [0.4, 0.5) is 0 Å². The summed E-state index contributed by atoms with van der Waals surface area (Å²) < 4.78 is 12.1. The van der Waals surface area contributed by atoms with E-state index < -0.39 is 0 Å². The number of aromatic nitrogens is 3. The van der Waals surface area contributed by atoms with E-state index in [1.165, 1.54) is 9.71 Å². The van der Waals surface area contributed by atoms with Crippen molar-refractivity contribution in [3.63, 3.8) is 0 Å². The number of hydrogen-bond acceptors (Lipinski definition) is 7. The molecule has 2 aromatic heterocycles. The molecule has 3 heterocycles. The van der Waals surface area contributed by atoms with Crippen molar-refractivity contribution < 1.29 is 14.1 Å². The maximum atomic E-state index is 12.7. The fourth-order valence-electron chi connectivity index (χ4n) is 4.15. The Kier molecular flexibility index (Phi) is 6.35. The van der Waals surface area contributed by atoms with Gasteiger partial charge in [0.1, 0.15) is 5.75 Å². The Bertz CT molecular complexity index is 1190. The molecule has 0 saturated carbocycles. The third-order valence-corrected chi connectivity index (χ3v) is 7.15. The monoisotopic (exact) mass is 462 g/mol. The Morgan fingerprint density at radius 1 is 1.12 bits per heavy atom. The lowest BCUT2D eigenvalue weighted by atomic mass is 9.97. The summed E-state index contributed by atoms with van der Waals surface area (Å²) in [5.41, 5.74) is 1.93. The Morgan fingerprint density at radius 3 is 2.67 bits per heavy atom. The van der Waals surface area contributed by atoms with Crippen LogP contribution in [0.25, 0.3) is 21.6 Å². The van der Waals surface area contributed by atoms with Crippen molar-refractivity contribution in [1.82, 2.24) is 20.0 Å². The van der Waals surface area contributed by atoms with Gasteiger partial charge in [-0.2, -0.15) is 4.98 Å². The third-order valence-electron chi connectivity index (χ3n) is 5.95. The smallest absolute Gasteiger partial charge is 0.227 e. The van der Waals surface area contributed by atoms with Gasteiger partial charge in [-0.1, -0.05) is 17.3 Å². The van der Waals surface area contributed by atoms with Gasteiger partial charge in [0.25, 0.3) is 0 Å². The number of thiazole rings is 1. The fraction of sp³-hybridized carbons (Fsp3) is 0.360. The molecule has 1 amide bonds. The van der Waals surface area contributed by atoms with Crippen LogP contribution in [0.2, 0.25) is 0 Å². The molecule has 1 saturated heterocycles. The molecule has 2 aromatic carbocycles. The van der Waals surface area contributed by atoms with Crippen molar-refractivity contribution in [2.24, 2.45) is 0 Å². The molecule has 0 spiro atoms. The molecule has 7 nitrogen and oxygen atoms in total. The Morgan fingerprint density at radius 2 is 1.91 bits per heavy atom. The second-order valence-electron chi connectivity index (χ2n) is 8.14. The van der Waals surface area contributed by atoms with Gasteiger partial charge in [0.05, 0.1) is 21.8 Å². The van der Waals surface area contributed by atoms with Crippen LogP contribution in [-0.4, -0.2) is 45.6 Å². The van der Waals surface area contributed by atoms with Crippen LogP contribution in [0.3, 0.4) is 0 Å². The van der Waals surface area contributed by atoms with Gasteiger partial charge in [-0.05, 0) is 56.2 Å². The number of aryl methyl sites for hydroxylation is 1. The number of hydrogen-bond donors (Lipinski definition) is 0. The van der Waals surface area contributed by atoms with E-state index in [-0.39, 0.29) is 5.91 Å². The van der Waals surface area contributed by atoms with Gasteiger partial charge in [0.2, 0.25) is 17.6 Å². The number of carbonyl (C=O) groups is 1. The van der Waals surface area contributed by atoms with E-state index in [1.54, 1.807) is 11.3 Å². The molecular weight excluding hydrogens is 436 g/mol. The van der Waals surface area contributed by atoms with E-state index in [0.717, 1.165) is 42.8 Å². The Hall–Kier alpha value is -3.26. The molecule has 1 fully saturated rings. The minimum absolute atomic E-state index is 0.138. The molecule has 5 rings (SSSR count). The molecule has 170 valence electrons. The zero-order valence-corrected chi connectivity index (χ0v) is 19.4. The first-order valence-electron chi connectivity index (χ1n) is 11.4. The second kappa shape index (κ2) is 9.70. The highest BCUT2D eigenvalue weighted by Gasteiger charge is 2.26. The number of para-hydroxylation sites is 1. The van der Waals surface area contributed by atoms with E-state index in [4.69, 9.17) is 14.2 Å². The van der Waals surface area contributed by atoms with Crippen molar-refractivity contribution in [3.8, 4) is 17.1 Å². The molecular formula is C25H26N4O3S. The minimum atomic E-state index is 0.138. The van der Waals surface area contributed by atoms with Crippen molar-refractivity contribution in [1.29, 1.82) is 0 Å². The van der Waals surface area contributed by atoms with Crippen LogP contribution in [0, 0.1) is 0 Å². The van der Waals surface area contributed by atoms with Crippen molar-refractivity contribution in [2.75, 3.05) is 19.7 Å². The average Bonchev–Trinajstić information content (AvgIpc) is 3.51. The van der Waals surface area contributed by atoms with Gasteiger partial charge in [-0.25, -0.2) is 4.98 Å². The van der Waals surface area contributed by atoms with Crippen molar-refractivity contribution in [3.05, 3.63) is 59.4 Å². The number of ether oxygens (including phenoxy) is 1. The molecule has 33 heavy (non-hydrogen) atoms. The second-order valence-corrected chi connectivity index (χ2v) is 9.21. The zero-order chi connectivity index (χ0) is 22.6. The van der Waals surface area contributed by atoms with Gasteiger partial charge in [-0.15, -0.1) is 11.3 Å². The summed E-state index contributed by atoms with van der Waals surface area (Å²) in [6, 6.07) is 15.8. The summed E-state index contributed by atoms with van der Waals surface area (Å²) in [5.74, 6) is 2.38. The number of nitrogens with zero attached hydrogens (tertiary/aromatic N) is 4. The van der Waals surface area contributed by atoms with Gasteiger partial charge in [-0.3, -0.25) is 4.79 Å².